The summed E-state index contributed by atoms with van der Waals surface area (Å²) in [4.78, 5) is 0. The Morgan fingerprint density at radius 1 is 0.792 bits per heavy atom. The van der Waals surface area contributed by atoms with Crippen molar-refractivity contribution in [2.24, 2.45) is 5.10 Å². The SMILES string of the molecule is C(=NNc1ccccc1)c1ccc(OCCc2ccccc2)cc1. The van der Waals surface area contributed by atoms with E-state index in [9.17, 15) is 0 Å². The van der Waals surface area contributed by atoms with Gasteiger partial charge in [-0.2, -0.15) is 5.10 Å². The molecule has 1 N–H and O–H groups in total. The maximum absolute atomic E-state index is 5.78. The Kier molecular flexibility index (Phi) is 5.62. The van der Waals surface area contributed by atoms with Gasteiger partial charge < -0.3 is 4.74 Å². The lowest BCUT2D eigenvalue weighted by Gasteiger charge is -2.06. The number of para-hydroxylation sites is 1. The van der Waals surface area contributed by atoms with Crippen LogP contribution in [0.1, 0.15) is 11.1 Å². The monoisotopic (exact) mass is 316 g/mol. The van der Waals surface area contributed by atoms with Gasteiger partial charge in [-0.1, -0.05) is 48.5 Å². The van der Waals surface area contributed by atoms with Gasteiger partial charge in [0.1, 0.15) is 5.75 Å². The second-order valence-electron chi connectivity index (χ2n) is 5.39. The lowest BCUT2D eigenvalue weighted by molar-refractivity contribution is 0.322. The van der Waals surface area contributed by atoms with Gasteiger partial charge in [0, 0.05) is 6.42 Å². The van der Waals surface area contributed by atoms with E-state index < -0.39 is 0 Å². The van der Waals surface area contributed by atoms with Crippen LogP contribution in [0.3, 0.4) is 0 Å². The van der Waals surface area contributed by atoms with Crippen molar-refractivity contribution in [1.82, 2.24) is 0 Å². The van der Waals surface area contributed by atoms with E-state index in [1.165, 1.54) is 5.56 Å². The highest BCUT2D eigenvalue weighted by Crippen LogP contribution is 2.12. The van der Waals surface area contributed by atoms with Crippen molar-refractivity contribution in [3.8, 4) is 5.75 Å². The Morgan fingerprint density at radius 2 is 1.46 bits per heavy atom. The van der Waals surface area contributed by atoms with Crippen molar-refractivity contribution in [3.05, 3.63) is 96.1 Å². The first-order valence-corrected chi connectivity index (χ1v) is 8.01. The maximum Gasteiger partial charge on any atom is 0.119 e. The van der Waals surface area contributed by atoms with Crippen molar-refractivity contribution < 1.29 is 4.74 Å². The third-order valence-electron chi connectivity index (χ3n) is 3.56. The number of rotatable bonds is 7. The normalized spacial score (nSPS) is 10.7. The van der Waals surface area contributed by atoms with Gasteiger partial charge in [-0.05, 0) is 47.5 Å². The zero-order valence-electron chi connectivity index (χ0n) is 13.4. The third kappa shape index (κ3) is 4.99. The molecule has 24 heavy (non-hydrogen) atoms. The summed E-state index contributed by atoms with van der Waals surface area (Å²) in [6, 6.07) is 28.1. The first-order valence-electron chi connectivity index (χ1n) is 8.01. The fourth-order valence-electron chi connectivity index (χ4n) is 2.28. The summed E-state index contributed by atoms with van der Waals surface area (Å²) in [5, 5.41) is 4.23. The number of anilines is 1. The zero-order chi connectivity index (χ0) is 16.5. The molecule has 0 amide bonds. The largest absolute Gasteiger partial charge is 0.493 e. The Balaban J connectivity index is 1.46. The van der Waals surface area contributed by atoms with Crippen LogP contribution < -0.4 is 10.2 Å². The van der Waals surface area contributed by atoms with Crippen molar-refractivity contribution in [3.63, 3.8) is 0 Å². The molecule has 0 atom stereocenters. The van der Waals surface area contributed by atoms with Gasteiger partial charge in [-0.3, -0.25) is 5.43 Å². The van der Waals surface area contributed by atoms with Crippen molar-refractivity contribution in [1.29, 1.82) is 0 Å². The third-order valence-corrected chi connectivity index (χ3v) is 3.56. The molecule has 0 aliphatic heterocycles. The summed E-state index contributed by atoms with van der Waals surface area (Å²) in [6.07, 6.45) is 2.70. The van der Waals surface area contributed by atoms with Crippen LogP contribution in [0.5, 0.6) is 5.75 Å². The highest BCUT2D eigenvalue weighted by Gasteiger charge is 1.96. The van der Waals surface area contributed by atoms with Gasteiger partial charge in [0.15, 0.2) is 0 Å². The fourth-order valence-corrected chi connectivity index (χ4v) is 2.28. The van der Waals surface area contributed by atoms with Crippen molar-refractivity contribution >= 4 is 11.9 Å². The van der Waals surface area contributed by atoms with Crippen molar-refractivity contribution in [2.75, 3.05) is 12.0 Å². The first kappa shape index (κ1) is 15.8. The van der Waals surface area contributed by atoms with Crippen LogP contribution in [0, 0.1) is 0 Å². The van der Waals surface area contributed by atoms with Gasteiger partial charge in [0.2, 0.25) is 0 Å². The van der Waals surface area contributed by atoms with Crippen LogP contribution >= 0.6 is 0 Å². The summed E-state index contributed by atoms with van der Waals surface area (Å²) in [7, 11) is 0. The van der Waals surface area contributed by atoms with E-state index >= 15 is 0 Å². The number of hydrazone groups is 1. The van der Waals surface area contributed by atoms with E-state index in [0.29, 0.717) is 6.61 Å². The zero-order valence-corrected chi connectivity index (χ0v) is 13.4. The van der Waals surface area contributed by atoms with Crippen LogP contribution in [0.25, 0.3) is 0 Å². The van der Waals surface area contributed by atoms with Crippen LogP contribution in [0.15, 0.2) is 90.0 Å². The fraction of sp³-hybridized carbons (Fsp3) is 0.0952. The van der Waals surface area contributed by atoms with E-state index in [4.69, 9.17) is 4.74 Å². The minimum Gasteiger partial charge on any atom is -0.493 e. The number of nitrogens with one attached hydrogen (secondary N) is 1. The summed E-state index contributed by atoms with van der Waals surface area (Å²) in [6.45, 7) is 0.674. The number of hydrogen-bond donors (Lipinski definition) is 1. The maximum atomic E-state index is 5.78. The molecule has 0 radical (unpaired) electrons. The molecule has 3 rings (SSSR count). The smallest absolute Gasteiger partial charge is 0.119 e. The predicted molar refractivity (Wildman–Crippen MR) is 99.7 cm³/mol. The molecule has 0 spiro atoms. The molecule has 0 bridgehead atoms. The molecular formula is C21H20N2O. The Labute approximate surface area is 142 Å². The predicted octanol–water partition coefficient (Wildman–Crippen LogP) is 4.75. The average molecular weight is 316 g/mol. The van der Waals surface area contributed by atoms with Crippen LogP contribution in [-0.4, -0.2) is 12.8 Å². The summed E-state index contributed by atoms with van der Waals surface area (Å²) in [5.41, 5.74) is 6.27. The molecule has 0 unspecified atom stereocenters. The molecule has 0 saturated carbocycles. The number of ether oxygens (including phenoxy) is 1. The summed E-state index contributed by atoms with van der Waals surface area (Å²) in [5.74, 6) is 0.874. The van der Waals surface area contributed by atoms with Gasteiger partial charge in [0.05, 0.1) is 18.5 Å². The molecule has 3 heteroatoms. The minimum absolute atomic E-state index is 0.674. The van der Waals surface area contributed by atoms with E-state index in [2.05, 4.69) is 22.7 Å². The lowest BCUT2D eigenvalue weighted by Crippen LogP contribution is -2.01. The van der Waals surface area contributed by atoms with Gasteiger partial charge in [0.25, 0.3) is 0 Å². The Morgan fingerprint density at radius 3 is 2.17 bits per heavy atom. The van der Waals surface area contributed by atoms with Crippen molar-refractivity contribution in [2.45, 2.75) is 6.42 Å². The standard InChI is InChI=1S/C21H20N2O/c1-3-7-18(8-4-1)15-16-24-21-13-11-19(12-14-21)17-22-23-20-9-5-2-6-10-20/h1-14,17,23H,15-16H2. The van der Waals surface area contributed by atoms with Crippen LogP contribution in [0.2, 0.25) is 0 Å². The number of hydrogen-bond acceptors (Lipinski definition) is 3. The molecule has 3 nitrogen and oxygen atoms in total. The quantitative estimate of drug-likeness (QED) is 0.504. The van der Waals surface area contributed by atoms with E-state index in [1.807, 2.05) is 72.8 Å². The molecule has 120 valence electrons. The minimum atomic E-state index is 0.674. The van der Waals surface area contributed by atoms with Gasteiger partial charge in [-0.25, -0.2) is 0 Å². The lowest BCUT2D eigenvalue weighted by atomic mass is 10.2. The Bertz CT molecular complexity index is 753. The number of nitrogens with zero attached hydrogens (tertiary/aromatic N) is 1. The van der Waals surface area contributed by atoms with Gasteiger partial charge >= 0.3 is 0 Å². The van der Waals surface area contributed by atoms with Crippen LogP contribution in [-0.2, 0) is 6.42 Å². The molecular weight excluding hydrogens is 296 g/mol. The second kappa shape index (κ2) is 8.53. The molecule has 3 aromatic rings. The second-order valence-corrected chi connectivity index (χ2v) is 5.39. The highest BCUT2D eigenvalue weighted by atomic mass is 16.5. The first-order chi connectivity index (χ1) is 11.9. The van der Waals surface area contributed by atoms with E-state index in [0.717, 1.165) is 23.4 Å². The highest BCUT2D eigenvalue weighted by molar-refractivity contribution is 5.80. The molecule has 0 saturated heterocycles. The molecule has 0 aliphatic carbocycles. The summed E-state index contributed by atoms with van der Waals surface area (Å²) < 4.78 is 5.78. The van der Waals surface area contributed by atoms with E-state index in [-0.39, 0.29) is 0 Å². The molecule has 0 heterocycles. The average Bonchev–Trinajstić information content (AvgIpc) is 2.65. The molecule has 0 aromatic heterocycles. The number of benzene rings is 3. The molecule has 0 fully saturated rings. The molecule has 3 aromatic carbocycles. The summed E-state index contributed by atoms with van der Waals surface area (Å²) >= 11 is 0. The van der Waals surface area contributed by atoms with E-state index in [1.54, 1.807) is 6.21 Å². The van der Waals surface area contributed by atoms with Crippen LogP contribution in [0.4, 0.5) is 5.69 Å². The van der Waals surface area contributed by atoms with Gasteiger partial charge in [-0.15, -0.1) is 0 Å². The topological polar surface area (TPSA) is 33.6 Å². The molecule has 0 aliphatic rings. The Hall–Kier alpha value is -3.07.